The largest absolute Gasteiger partial charge is 0.486 e. The highest BCUT2D eigenvalue weighted by Gasteiger charge is 2.15. The first kappa shape index (κ1) is 17.9. The summed E-state index contributed by atoms with van der Waals surface area (Å²) in [5, 5.41) is 6.15. The first-order chi connectivity index (χ1) is 11.6. The molecule has 0 spiro atoms. The number of ether oxygens (including phenoxy) is 1. The van der Waals surface area contributed by atoms with Crippen molar-refractivity contribution >= 4 is 23.7 Å². The average Bonchev–Trinajstić information content (AvgIpc) is 2.95. The fraction of sp³-hybridized carbons (Fsp3) is 0.353. The highest BCUT2D eigenvalue weighted by Crippen LogP contribution is 2.20. The molecule has 0 aliphatic rings. The predicted molar refractivity (Wildman–Crippen MR) is 93.4 cm³/mol. The maximum atomic E-state index is 12.2. The standard InChI is InChI=1S/C17H21N3O3S/c1-12-4-6-14(7-5-12)23-10-15-20-13(2)16(24-15)17(22)19-9-3-8-18-11-21/h4-7,11H,3,8-10H2,1-2H3,(H,18,21)(H,19,22). The summed E-state index contributed by atoms with van der Waals surface area (Å²) in [4.78, 5) is 27.3. The number of benzene rings is 1. The number of carbonyl (C=O) groups is 2. The third-order valence-electron chi connectivity index (χ3n) is 3.30. The van der Waals surface area contributed by atoms with Crippen LogP contribution in [0.25, 0.3) is 0 Å². The van der Waals surface area contributed by atoms with Crippen molar-refractivity contribution in [1.29, 1.82) is 0 Å². The molecule has 0 saturated heterocycles. The summed E-state index contributed by atoms with van der Waals surface area (Å²) in [5.74, 6) is 0.639. The second kappa shape index (κ2) is 9.02. The van der Waals surface area contributed by atoms with Crippen LogP contribution in [0.3, 0.4) is 0 Å². The van der Waals surface area contributed by atoms with E-state index in [0.29, 0.717) is 43.1 Å². The summed E-state index contributed by atoms with van der Waals surface area (Å²) in [5.41, 5.74) is 1.88. The second-order valence-corrected chi connectivity index (χ2v) is 6.39. The van der Waals surface area contributed by atoms with Gasteiger partial charge >= 0.3 is 0 Å². The maximum absolute atomic E-state index is 12.2. The van der Waals surface area contributed by atoms with Crippen LogP contribution in [-0.4, -0.2) is 30.4 Å². The fourth-order valence-corrected chi connectivity index (χ4v) is 2.93. The summed E-state index contributed by atoms with van der Waals surface area (Å²) in [6.07, 6.45) is 1.33. The smallest absolute Gasteiger partial charge is 0.263 e. The lowest BCUT2D eigenvalue weighted by Gasteiger charge is -2.04. The minimum absolute atomic E-state index is 0.141. The highest BCUT2D eigenvalue weighted by atomic mass is 32.1. The zero-order valence-electron chi connectivity index (χ0n) is 13.8. The van der Waals surface area contributed by atoms with Crippen molar-refractivity contribution in [3.05, 3.63) is 45.4 Å². The van der Waals surface area contributed by atoms with E-state index >= 15 is 0 Å². The number of hydrogen-bond donors (Lipinski definition) is 2. The van der Waals surface area contributed by atoms with E-state index in [9.17, 15) is 9.59 Å². The van der Waals surface area contributed by atoms with Gasteiger partial charge in [0.2, 0.25) is 6.41 Å². The molecule has 128 valence electrons. The quantitative estimate of drug-likeness (QED) is 0.538. The molecule has 6 nitrogen and oxygen atoms in total. The summed E-state index contributed by atoms with van der Waals surface area (Å²) in [6.45, 7) is 5.22. The van der Waals surface area contributed by atoms with Crippen LogP contribution in [0.2, 0.25) is 0 Å². The van der Waals surface area contributed by atoms with Crippen molar-refractivity contribution in [2.45, 2.75) is 26.9 Å². The first-order valence-electron chi connectivity index (χ1n) is 7.71. The Morgan fingerprint density at radius 2 is 2.00 bits per heavy atom. The number of rotatable bonds is 9. The topological polar surface area (TPSA) is 80.3 Å². The fourth-order valence-electron chi connectivity index (χ4n) is 2.04. The normalized spacial score (nSPS) is 10.2. The number of nitrogens with zero attached hydrogens (tertiary/aromatic N) is 1. The van der Waals surface area contributed by atoms with E-state index in [0.717, 1.165) is 10.8 Å². The Morgan fingerprint density at radius 1 is 1.25 bits per heavy atom. The van der Waals surface area contributed by atoms with E-state index in [1.54, 1.807) is 0 Å². The van der Waals surface area contributed by atoms with Crippen LogP contribution in [0.4, 0.5) is 0 Å². The number of hydrogen-bond acceptors (Lipinski definition) is 5. The maximum Gasteiger partial charge on any atom is 0.263 e. The molecule has 7 heteroatoms. The van der Waals surface area contributed by atoms with Crippen molar-refractivity contribution in [3.63, 3.8) is 0 Å². The molecular formula is C17H21N3O3S. The van der Waals surface area contributed by atoms with Gasteiger partial charge in [-0.05, 0) is 32.4 Å². The first-order valence-corrected chi connectivity index (χ1v) is 8.53. The minimum atomic E-state index is -0.141. The van der Waals surface area contributed by atoms with Crippen LogP contribution >= 0.6 is 11.3 Å². The molecule has 0 fully saturated rings. The molecule has 0 unspecified atom stereocenters. The second-order valence-electron chi connectivity index (χ2n) is 5.31. The molecule has 0 aliphatic heterocycles. The number of aromatic nitrogens is 1. The zero-order chi connectivity index (χ0) is 17.4. The number of aryl methyl sites for hydroxylation is 2. The molecule has 1 aromatic heterocycles. The molecule has 2 rings (SSSR count). The van der Waals surface area contributed by atoms with Crippen molar-refractivity contribution in [2.75, 3.05) is 13.1 Å². The molecule has 1 heterocycles. The summed E-state index contributed by atoms with van der Waals surface area (Å²) in [6, 6.07) is 7.80. The van der Waals surface area contributed by atoms with Crippen molar-refractivity contribution < 1.29 is 14.3 Å². The van der Waals surface area contributed by atoms with Crippen molar-refractivity contribution in [1.82, 2.24) is 15.6 Å². The van der Waals surface area contributed by atoms with Crippen molar-refractivity contribution in [3.8, 4) is 5.75 Å². The molecule has 2 aromatic rings. The van der Waals surface area contributed by atoms with E-state index < -0.39 is 0 Å². The Hall–Kier alpha value is -2.41. The van der Waals surface area contributed by atoms with Gasteiger partial charge in [0.25, 0.3) is 5.91 Å². The third kappa shape index (κ3) is 5.34. The van der Waals surface area contributed by atoms with Gasteiger partial charge in [-0.25, -0.2) is 4.98 Å². The lowest BCUT2D eigenvalue weighted by atomic mass is 10.2. The van der Waals surface area contributed by atoms with Crippen LogP contribution in [0.15, 0.2) is 24.3 Å². The van der Waals surface area contributed by atoms with Gasteiger partial charge in [-0.3, -0.25) is 9.59 Å². The number of nitrogens with one attached hydrogen (secondary N) is 2. The van der Waals surface area contributed by atoms with Crippen LogP contribution in [0.5, 0.6) is 5.75 Å². The molecule has 0 saturated carbocycles. The number of amides is 2. The molecule has 0 bridgehead atoms. The van der Waals surface area contributed by atoms with Crippen LogP contribution in [0.1, 0.15) is 32.4 Å². The van der Waals surface area contributed by atoms with Crippen molar-refractivity contribution in [2.24, 2.45) is 0 Å². The Kier molecular flexibility index (Phi) is 6.74. The Balaban J connectivity index is 1.85. The van der Waals surface area contributed by atoms with Gasteiger partial charge in [-0.15, -0.1) is 11.3 Å². The van der Waals surface area contributed by atoms with E-state index in [-0.39, 0.29) is 5.91 Å². The van der Waals surface area contributed by atoms with E-state index in [1.807, 2.05) is 38.1 Å². The lowest BCUT2D eigenvalue weighted by molar-refractivity contribution is -0.109. The molecule has 24 heavy (non-hydrogen) atoms. The Labute approximate surface area is 145 Å². The van der Waals surface area contributed by atoms with Gasteiger partial charge in [-0.2, -0.15) is 0 Å². The number of carbonyl (C=O) groups excluding carboxylic acids is 2. The van der Waals surface area contributed by atoms with Gasteiger partial charge in [0.15, 0.2) is 0 Å². The molecule has 2 N–H and O–H groups in total. The van der Waals surface area contributed by atoms with Gasteiger partial charge in [-0.1, -0.05) is 17.7 Å². The van der Waals surface area contributed by atoms with Gasteiger partial charge in [0, 0.05) is 13.1 Å². The summed E-state index contributed by atoms with van der Waals surface area (Å²) < 4.78 is 5.70. The average molecular weight is 347 g/mol. The third-order valence-corrected chi connectivity index (χ3v) is 4.43. The molecular weight excluding hydrogens is 326 g/mol. The van der Waals surface area contributed by atoms with Gasteiger partial charge in [0.05, 0.1) is 5.69 Å². The Bertz CT molecular complexity index is 683. The molecule has 0 radical (unpaired) electrons. The summed E-state index contributed by atoms with van der Waals surface area (Å²) in [7, 11) is 0. The predicted octanol–water partition coefficient (Wildman–Crippen LogP) is 2.20. The van der Waals surface area contributed by atoms with Gasteiger partial charge < -0.3 is 15.4 Å². The van der Waals surface area contributed by atoms with E-state index in [1.165, 1.54) is 16.9 Å². The van der Waals surface area contributed by atoms with E-state index in [4.69, 9.17) is 4.74 Å². The molecule has 1 aromatic carbocycles. The molecule has 0 atom stereocenters. The van der Waals surface area contributed by atoms with Crippen LogP contribution in [0, 0.1) is 13.8 Å². The summed E-state index contributed by atoms with van der Waals surface area (Å²) >= 11 is 1.34. The minimum Gasteiger partial charge on any atom is -0.486 e. The molecule has 2 amide bonds. The Morgan fingerprint density at radius 3 is 2.71 bits per heavy atom. The molecule has 0 aliphatic carbocycles. The highest BCUT2D eigenvalue weighted by molar-refractivity contribution is 7.13. The lowest BCUT2D eigenvalue weighted by Crippen LogP contribution is -2.26. The number of thiazole rings is 1. The SMILES string of the molecule is Cc1ccc(OCc2nc(C)c(C(=O)NCCCNC=O)s2)cc1. The monoisotopic (exact) mass is 347 g/mol. The van der Waals surface area contributed by atoms with E-state index in [2.05, 4.69) is 15.6 Å². The van der Waals surface area contributed by atoms with Gasteiger partial charge in [0.1, 0.15) is 22.2 Å². The van der Waals surface area contributed by atoms with Crippen LogP contribution < -0.4 is 15.4 Å². The van der Waals surface area contributed by atoms with Crippen LogP contribution in [-0.2, 0) is 11.4 Å². The zero-order valence-corrected chi connectivity index (χ0v) is 14.6.